The summed E-state index contributed by atoms with van der Waals surface area (Å²) < 4.78 is 28.8. The zero-order valence-electron chi connectivity index (χ0n) is 25.0. The van der Waals surface area contributed by atoms with Crippen LogP contribution in [0, 0.1) is 25.6 Å². The Morgan fingerprint density at radius 3 is 2.59 bits per heavy atom. The summed E-state index contributed by atoms with van der Waals surface area (Å²) in [4.78, 5) is 33.9. The molecule has 3 N–H and O–H groups in total. The number of nitrogens with zero attached hydrogens (tertiary/aromatic N) is 2. The van der Waals surface area contributed by atoms with E-state index in [0.29, 0.717) is 59.8 Å². The van der Waals surface area contributed by atoms with Crippen molar-refractivity contribution >= 4 is 57.9 Å². The molecule has 0 aliphatic carbocycles. The number of pyridine rings is 1. The summed E-state index contributed by atoms with van der Waals surface area (Å²) >= 11 is 0. The standard InChI is InChI=1S/C34H35FN5O3P/c1-21-20-24(35)11-13-27(21)38-34-39-29-14-12-26-22(2)28(37-33(42)30(26)31(29)40(34)3)10-7-17-36-32(41)23-15-18-44(43,19-16-23)25-8-5-4-6-9-25/h4-14,20,23H,15-19H2,1-3H3,(H,36,41)(H,37,42)(H,38,39). The Balaban J connectivity index is 1.15. The number of hydrogen-bond donors (Lipinski definition) is 3. The second-order valence-electron chi connectivity index (χ2n) is 11.5. The first-order valence-corrected chi connectivity index (χ1v) is 16.9. The number of benzene rings is 3. The van der Waals surface area contributed by atoms with Crippen LogP contribution in [0.4, 0.5) is 16.0 Å². The Hall–Kier alpha value is -4.49. The minimum Gasteiger partial charge on any atom is -0.352 e. The largest absolute Gasteiger partial charge is 0.352 e. The number of aryl methyl sites for hydroxylation is 3. The average Bonchev–Trinajstić information content (AvgIpc) is 3.34. The smallest absolute Gasteiger partial charge is 0.258 e. The number of H-pyrrole nitrogens is 1. The number of aromatic nitrogens is 3. The number of fused-ring (bicyclic) bond motifs is 3. The molecule has 1 aliphatic heterocycles. The monoisotopic (exact) mass is 611 g/mol. The number of rotatable bonds is 7. The predicted octanol–water partition coefficient (Wildman–Crippen LogP) is 6.14. The Morgan fingerprint density at radius 1 is 1.11 bits per heavy atom. The van der Waals surface area contributed by atoms with Crippen molar-refractivity contribution < 1.29 is 13.8 Å². The molecule has 8 nitrogen and oxygen atoms in total. The summed E-state index contributed by atoms with van der Waals surface area (Å²) in [6, 6.07) is 17.9. The van der Waals surface area contributed by atoms with Crippen LogP contribution in [0.15, 0.2) is 71.5 Å². The first kappa shape index (κ1) is 29.6. The summed E-state index contributed by atoms with van der Waals surface area (Å²) in [5.74, 6) is 0.0551. The molecule has 0 bridgehead atoms. The molecule has 6 rings (SSSR count). The molecule has 44 heavy (non-hydrogen) atoms. The van der Waals surface area contributed by atoms with Crippen LogP contribution in [0.25, 0.3) is 27.9 Å². The van der Waals surface area contributed by atoms with Gasteiger partial charge in [-0.15, -0.1) is 0 Å². The lowest BCUT2D eigenvalue weighted by Crippen LogP contribution is -2.34. The Bertz CT molecular complexity index is 2020. The first-order chi connectivity index (χ1) is 21.1. The molecule has 0 atom stereocenters. The van der Waals surface area contributed by atoms with Gasteiger partial charge in [-0.25, -0.2) is 9.37 Å². The van der Waals surface area contributed by atoms with Crippen molar-refractivity contribution in [3.8, 4) is 0 Å². The lowest BCUT2D eigenvalue weighted by Gasteiger charge is -2.28. The molecule has 10 heteroatoms. The highest BCUT2D eigenvalue weighted by molar-refractivity contribution is 7.71. The lowest BCUT2D eigenvalue weighted by molar-refractivity contribution is -0.125. The maximum absolute atomic E-state index is 13.6. The number of amides is 1. The second kappa shape index (κ2) is 11.9. The van der Waals surface area contributed by atoms with Crippen LogP contribution in [-0.2, 0) is 16.4 Å². The number of carbonyl (C=O) groups excluding carboxylic acids is 1. The fourth-order valence-electron chi connectivity index (χ4n) is 6.12. The molecule has 1 saturated heterocycles. The third-order valence-electron chi connectivity index (χ3n) is 8.71. The summed E-state index contributed by atoms with van der Waals surface area (Å²) in [5, 5.41) is 8.48. The summed E-state index contributed by atoms with van der Waals surface area (Å²) in [5.41, 5.74) is 4.17. The van der Waals surface area contributed by atoms with Crippen LogP contribution in [0.3, 0.4) is 0 Å². The van der Waals surface area contributed by atoms with E-state index in [-0.39, 0.29) is 23.2 Å². The molecule has 0 saturated carbocycles. The second-order valence-corrected chi connectivity index (χ2v) is 14.7. The van der Waals surface area contributed by atoms with E-state index in [1.165, 1.54) is 12.1 Å². The number of hydrogen-bond acceptors (Lipinski definition) is 5. The van der Waals surface area contributed by atoms with Crippen molar-refractivity contribution in [2.24, 2.45) is 13.0 Å². The number of nitrogens with one attached hydrogen (secondary N) is 3. The quantitative estimate of drug-likeness (QED) is 0.192. The van der Waals surface area contributed by atoms with E-state index < -0.39 is 7.14 Å². The minimum atomic E-state index is -2.43. The van der Waals surface area contributed by atoms with Gasteiger partial charge in [-0.3, -0.25) is 9.59 Å². The van der Waals surface area contributed by atoms with Gasteiger partial charge in [0.1, 0.15) is 13.0 Å². The summed E-state index contributed by atoms with van der Waals surface area (Å²) in [7, 11) is -0.590. The van der Waals surface area contributed by atoms with Gasteiger partial charge in [-0.2, -0.15) is 0 Å². The minimum absolute atomic E-state index is 0.0310. The normalized spacial score (nSPS) is 18.7. The van der Waals surface area contributed by atoms with Crippen LogP contribution in [0.5, 0.6) is 0 Å². The number of carbonyl (C=O) groups is 1. The highest BCUT2D eigenvalue weighted by Gasteiger charge is 2.34. The Morgan fingerprint density at radius 2 is 1.86 bits per heavy atom. The molecular formula is C34H35FN5O3P. The average molecular weight is 612 g/mol. The van der Waals surface area contributed by atoms with Crippen LogP contribution in [-0.4, -0.2) is 39.3 Å². The highest BCUT2D eigenvalue weighted by Crippen LogP contribution is 2.50. The summed E-state index contributed by atoms with van der Waals surface area (Å²) in [6.07, 6.45) is 5.98. The zero-order valence-corrected chi connectivity index (χ0v) is 25.9. The third-order valence-corrected chi connectivity index (χ3v) is 11.9. The van der Waals surface area contributed by atoms with Gasteiger partial charge >= 0.3 is 0 Å². The summed E-state index contributed by atoms with van der Waals surface area (Å²) in [6.45, 7) is 4.09. The molecular weight excluding hydrogens is 576 g/mol. The van der Waals surface area contributed by atoms with Crippen LogP contribution < -0.4 is 21.5 Å². The van der Waals surface area contributed by atoms with Crippen LogP contribution in [0.2, 0.25) is 0 Å². The van der Waals surface area contributed by atoms with Gasteiger partial charge in [0.05, 0.1) is 16.4 Å². The fourth-order valence-corrected chi connectivity index (χ4v) is 9.04. The van der Waals surface area contributed by atoms with Crippen molar-refractivity contribution in [3.63, 3.8) is 0 Å². The van der Waals surface area contributed by atoms with E-state index in [1.54, 1.807) is 6.07 Å². The Kier molecular flexibility index (Phi) is 7.99. The number of anilines is 2. The molecule has 0 spiro atoms. The maximum Gasteiger partial charge on any atom is 0.258 e. The van der Waals surface area contributed by atoms with E-state index in [0.717, 1.165) is 27.5 Å². The molecule has 1 aliphatic rings. The van der Waals surface area contributed by atoms with E-state index in [4.69, 9.17) is 0 Å². The fraction of sp³-hybridized carbons (Fsp3) is 0.265. The van der Waals surface area contributed by atoms with Gasteiger partial charge in [0.25, 0.3) is 5.56 Å². The van der Waals surface area contributed by atoms with Crippen molar-refractivity contribution in [1.29, 1.82) is 0 Å². The molecule has 3 aromatic carbocycles. The third kappa shape index (κ3) is 5.60. The lowest BCUT2D eigenvalue weighted by atomic mass is 10.0. The molecule has 0 unspecified atom stereocenters. The molecule has 3 heterocycles. The predicted molar refractivity (Wildman–Crippen MR) is 176 cm³/mol. The number of imidazole rings is 1. The molecule has 5 aromatic rings. The maximum atomic E-state index is 13.6. The van der Waals surface area contributed by atoms with Crippen LogP contribution >= 0.6 is 7.14 Å². The first-order valence-electron chi connectivity index (χ1n) is 14.8. The highest BCUT2D eigenvalue weighted by atomic mass is 31.2. The van der Waals surface area contributed by atoms with Crippen molar-refractivity contribution in [2.75, 3.05) is 24.2 Å². The zero-order chi connectivity index (χ0) is 31.0. The topological polar surface area (TPSA) is 109 Å². The van der Waals surface area contributed by atoms with E-state index >= 15 is 0 Å². The van der Waals surface area contributed by atoms with E-state index in [1.807, 2.05) is 80.1 Å². The van der Waals surface area contributed by atoms with Gasteiger partial charge in [0.15, 0.2) is 0 Å². The SMILES string of the molecule is Cc1cc(F)ccc1Nc1nc2ccc3c(C)c(C=CCNC(=O)C4CCP(=O)(c5ccccc5)CC4)[nH]c(=O)c3c2n1C. The molecule has 226 valence electrons. The van der Waals surface area contributed by atoms with Gasteiger partial charge < -0.3 is 24.7 Å². The number of halogens is 1. The van der Waals surface area contributed by atoms with Crippen molar-refractivity contribution in [1.82, 2.24) is 19.9 Å². The van der Waals surface area contributed by atoms with Gasteiger partial charge in [-0.05, 0) is 73.5 Å². The molecule has 1 amide bonds. The molecule has 2 aromatic heterocycles. The van der Waals surface area contributed by atoms with Gasteiger partial charge in [-0.1, -0.05) is 42.5 Å². The van der Waals surface area contributed by atoms with Gasteiger partial charge in [0, 0.05) is 48.5 Å². The van der Waals surface area contributed by atoms with E-state index in [9.17, 15) is 18.5 Å². The number of aromatic amines is 1. The van der Waals surface area contributed by atoms with Crippen LogP contribution in [0.1, 0.15) is 29.7 Å². The Labute approximate surface area is 254 Å². The van der Waals surface area contributed by atoms with Gasteiger partial charge in [0.2, 0.25) is 11.9 Å². The molecule has 0 radical (unpaired) electrons. The van der Waals surface area contributed by atoms with E-state index in [2.05, 4.69) is 20.6 Å². The molecule has 1 fully saturated rings. The van der Waals surface area contributed by atoms with Crippen molar-refractivity contribution in [3.05, 3.63) is 99.7 Å². The van der Waals surface area contributed by atoms with Crippen molar-refractivity contribution in [2.45, 2.75) is 26.7 Å².